The first-order valence-corrected chi connectivity index (χ1v) is 6.41. The van der Waals surface area contributed by atoms with Gasteiger partial charge in [0.1, 0.15) is 0 Å². The van der Waals surface area contributed by atoms with Crippen molar-refractivity contribution < 1.29 is 14.3 Å². The predicted molar refractivity (Wildman–Crippen MR) is 68.9 cm³/mol. The second kappa shape index (κ2) is 5.68. The zero-order valence-corrected chi connectivity index (χ0v) is 10.8. The van der Waals surface area contributed by atoms with Crippen molar-refractivity contribution in [2.45, 2.75) is 19.4 Å². The number of aryl methyl sites for hydroxylation is 1. The van der Waals surface area contributed by atoms with Crippen molar-refractivity contribution in [3.05, 3.63) is 35.2 Å². The number of furan rings is 1. The minimum atomic E-state index is -0.795. The summed E-state index contributed by atoms with van der Waals surface area (Å²) >= 11 is 1.52. The average molecular weight is 266 g/mol. The normalized spacial score (nSPS) is 10.5. The van der Waals surface area contributed by atoms with E-state index >= 15 is 0 Å². The zero-order chi connectivity index (χ0) is 13.0. The minimum absolute atomic E-state index is 0.120. The van der Waals surface area contributed by atoms with Crippen LogP contribution in [0.1, 0.15) is 17.7 Å². The summed E-state index contributed by atoms with van der Waals surface area (Å²) in [6, 6.07) is 1.91. The highest BCUT2D eigenvalue weighted by Gasteiger charge is 2.09. The smallest absolute Gasteiger partial charge is 0.303 e. The number of carboxylic acid groups (broad SMARTS) is 1. The first-order valence-electron chi connectivity index (χ1n) is 5.53. The van der Waals surface area contributed by atoms with Crippen molar-refractivity contribution in [1.29, 1.82) is 0 Å². The SMILES string of the molecule is CN(Cc1ccoc1)c1nc(CCC(=O)O)cs1. The highest BCUT2D eigenvalue weighted by molar-refractivity contribution is 7.13. The monoisotopic (exact) mass is 266 g/mol. The molecule has 2 rings (SSSR count). The van der Waals surface area contributed by atoms with Crippen LogP contribution in [-0.2, 0) is 17.8 Å². The number of nitrogens with zero attached hydrogens (tertiary/aromatic N) is 2. The Kier molecular flexibility index (Phi) is 3.99. The molecule has 5 nitrogen and oxygen atoms in total. The molecule has 1 N–H and O–H groups in total. The lowest BCUT2D eigenvalue weighted by molar-refractivity contribution is -0.136. The number of thiazole rings is 1. The molecule has 0 aliphatic heterocycles. The van der Waals surface area contributed by atoms with Gasteiger partial charge in [-0.3, -0.25) is 4.79 Å². The molecule has 0 aliphatic carbocycles. The van der Waals surface area contributed by atoms with Crippen LogP contribution in [0.2, 0.25) is 0 Å². The largest absolute Gasteiger partial charge is 0.481 e. The Balaban J connectivity index is 1.94. The van der Waals surface area contributed by atoms with Crippen LogP contribution in [0.3, 0.4) is 0 Å². The molecule has 96 valence electrons. The van der Waals surface area contributed by atoms with Gasteiger partial charge in [0, 0.05) is 31.0 Å². The van der Waals surface area contributed by atoms with Crippen LogP contribution in [0, 0.1) is 0 Å². The molecule has 0 atom stereocenters. The molecule has 0 fully saturated rings. The van der Waals surface area contributed by atoms with Gasteiger partial charge in [-0.1, -0.05) is 0 Å². The molecule has 0 saturated heterocycles. The van der Waals surface area contributed by atoms with E-state index in [0.717, 1.165) is 22.9 Å². The van der Waals surface area contributed by atoms with Gasteiger partial charge in [0.2, 0.25) is 0 Å². The third-order valence-corrected chi connectivity index (χ3v) is 3.46. The number of aromatic nitrogens is 1. The molecular formula is C12H14N2O3S. The van der Waals surface area contributed by atoms with Gasteiger partial charge in [-0.15, -0.1) is 11.3 Å². The van der Waals surface area contributed by atoms with Crippen molar-refractivity contribution in [1.82, 2.24) is 4.98 Å². The third kappa shape index (κ3) is 3.33. The van der Waals surface area contributed by atoms with E-state index < -0.39 is 5.97 Å². The summed E-state index contributed by atoms with van der Waals surface area (Å²) in [6.07, 6.45) is 3.94. The van der Waals surface area contributed by atoms with Gasteiger partial charge in [-0.05, 0) is 6.07 Å². The molecule has 2 heterocycles. The standard InChI is InChI=1S/C12H14N2O3S/c1-14(6-9-4-5-17-7-9)12-13-10(8-18-12)2-3-11(15)16/h4-5,7-8H,2-3,6H2,1H3,(H,15,16). The predicted octanol–water partition coefficient (Wildman–Crippen LogP) is 2.39. The maximum Gasteiger partial charge on any atom is 0.303 e. The van der Waals surface area contributed by atoms with Crippen molar-refractivity contribution in [2.75, 3.05) is 11.9 Å². The van der Waals surface area contributed by atoms with E-state index in [1.165, 1.54) is 11.3 Å². The van der Waals surface area contributed by atoms with Crippen molar-refractivity contribution in [3.8, 4) is 0 Å². The molecule has 0 bridgehead atoms. The Morgan fingerprint density at radius 1 is 1.61 bits per heavy atom. The Bertz CT molecular complexity index is 507. The molecule has 0 saturated carbocycles. The van der Waals surface area contributed by atoms with Crippen LogP contribution in [-0.4, -0.2) is 23.1 Å². The van der Waals surface area contributed by atoms with E-state index in [2.05, 4.69) is 4.98 Å². The molecule has 18 heavy (non-hydrogen) atoms. The maximum absolute atomic E-state index is 10.5. The summed E-state index contributed by atoms with van der Waals surface area (Å²) in [5.41, 5.74) is 1.91. The molecule has 2 aromatic rings. The van der Waals surface area contributed by atoms with Crippen LogP contribution in [0.15, 0.2) is 28.4 Å². The van der Waals surface area contributed by atoms with Gasteiger partial charge >= 0.3 is 5.97 Å². The minimum Gasteiger partial charge on any atom is -0.481 e. The van der Waals surface area contributed by atoms with Crippen LogP contribution in [0.5, 0.6) is 0 Å². The van der Waals surface area contributed by atoms with Crippen molar-refractivity contribution >= 4 is 22.4 Å². The van der Waals surface area contributed by atoms with Gasteiger partial charge in [0.25, 0.3) is 0 Å². The fourth-order valence-corrected chi connectivity index (χ4v) is 2.37. The van der Waals surface area contributed by atoms with E-state index in [1.807, 2.05) is 23.4 Å². The number of hydrogen-bond donors (Lipinski definition) is 1. The topological polar surface area (TPSA) is 66.6 Å². The van der Waals surface area contributed by atoms with Crippen LogP contribution < -0.4 is 4.90 Å². The lowest BCUT2D eigenvalue weighted by atomic mass is 10.2. The Morgan fingerprint density at radius 2 is 2.44 bits per heavy atom. The Hall–Kier alpha value is -1.82. The van der Waals surface area contributed by atoms with Crippen LogP contribution in [0.4, 0.5) is 5.13 Å². The van der Waals surface area contributed by atoms with Gasteiger partial charge in [0.15, 0.2) is 5.13 Å². The fourth-order valence-electron chi connectivity index (χ4n) is 1.55. The highest BCUT2D eigenvalue weighted by Crippen LogP contribution is 2.21. The molecule has 0 aliphatic rings. The van der Waals surface area contributed by atoms with E-state index in [4.69, 9.17) is 9.52 Å². The molecule has 2 aromatic heterocycles. The van der Waals surface area contributed by atoms with Crippen LogP contribution >= 0.6 is 11.3 Å². The summed E-state index contributed by atoms with van der Waals surface area (Å²) in [4.78, 5) is 16.9. The van der Waals surface area contributed by atoms with Gasteiger partial charge in [-0.25, -0.2) is 4.98 Å². The number of carboxylic acids is 1. The van der Waals surface area contributed by atoms with Gasteiger partial charge < -0.3 is 14.4 Å². The molecule has 6 heteroatoms. The third-order valence-electron chi connectivity index (χ3n) is 2.46. The Morgan fingerprint density at radius 3 is 3.11 bits per heavy atom. The van der Waals surface area contributed by atoms with E-state index in [-0.39, 0.29) is 6.42 Å². The van der Waals surface area contributed by atoms with Crippen molar-refractivity contribution in [3.63, 3.8) is 0 Å². The van der Waals surface area contributed by atoms with Gasteiger partial charge in [-0.2, -0.15) is 0 Å². The fraction of sp³-hybridized carbons (Fsp3) is 0.333. The lowest BCUT2D eigenvalue weighted by Gasteiger charge is -2.13. The summed E-state index contributed by atoms with van der Waals surface area (Å²) in [5, 5.41) is 11.4. The second-order valence-corrected chi connectivity index (χ2v) is 4.84. The summed E-state index contributed by atoms with van der Waals surface area (Å²) in [7, 11) is 1.95. The van der Waals surface area contributed by atoms with Gasteiger partial charge in [0.05, 0.1) is 24.6 Å². The lowest BCUT2D eigenvalue weighted by Crippen LogP contribution is -2.15. The first kappa shape index (κ1) is 12.6. The number of hydrogen-bond acceptors (Lipinski definition) is 5. The zero-order valence-electron chi connectivity index (χ0n) is 10.00. The molecule has 0 radical (unpaired) electrons. The van der Waals surface area contributed by atoms with Crippen molar-refractivity contribution in [2.24, 2.45) is 0 Å². The molecule has 0 unspecified atom stereocenters. The number of carbonyl (C=O) groups is 1. The summed E-state index contributed by atoms with van der Waals surface area (Å²) < 4.78 is 5.01. The van der Waals surface area contributed by atoms with Crippen LogP contribution in [0.25, 0.3) is 0 Å². The quantitative estimate of drug-likeness (QED) is 0.869. The average Bonchev–Trinajstić information content (AvgIpc) is 2.96. The molecule has 0 spiro atoms. The van der Waals surface area contributed by atoms with E-state index in [9.17, 15) is 4.79 Å². The molecular weight excluding hydrogens is 252 g/mol. The van der Waals surface area contributed by atoms with E-state index in [1.54, 1.807) is 12.5 Å². The van der Waals surface area contributed by atoms with E-state index in [0.29, 0.717) is 6.42 Å². The maximum atomic E-state index is 10.5. The number of anilines is 1. The summed E-state index contributed by atoms with van der Waals surface area (Å²) in [5.74, 6) is -0.795. The number of rotatable bonds is 6. The first-order chi connectivity index (χ1) is 8.65. The second-order valence-electron chi connectivity index (χ2n) is 4.00. The number of aliphatic carboxylic acids is 1. The molecule has 0 aromatic carbocycles. The highest BCUT2D eigenvalue weighted by atomic mass is 32.1. The molecule has 0 amide bonds. The Labute approximate surface area is 109 Å². The summed E-state index contributed by atoms with van der Waals surface area (Å²) in [6.45, 7) is 0.725.